The fraction of sp³-hybridized carbons (Fsp3) is 0.133. The van der Waals surface area contributed by atoms with Gasteiger partial charge in [0.2, 0.25) is 0 Å². The first kappa shape index (κ1) is 14.6. The van der Waals surface area contributed by atoms with Crippen LogP contribution in [0, 0.1) is 24.4 Å². The molecular weight excluding hydrogens is 289 g/mol. The summed E-state index contributed by atoms with van der Waals surface area (Å²) in [5.74, 6) is -2.89. The molecule has 0 aromatic heterocycles. The molecule has 0 spiro atoms. The highest BCUT2D eigenvalue weighted by atomic mass is 35.5. The molecule has 0 heterocycles. The highest BCUT2D eigenvalue weighted by Gasteiger charge is 2.17. The van der Waals surface area contributed by atoms with Crippen LogP contribution in [0.3, 0.4) is 0 Å². The van der Waals surface area contributed by atoms with Crippen LogP contribution in [0.4, 0.5) is 13.2 Å². The standard InChI is InChI=1S/C15H10ClF3O/c1-8-5-10(13(19)7-12(8)18)14(20)6-9-3-2-4-11(17)15(9)16/h2-5,7H,6H2,1H3. The Balaban J connectivity index is 2.33. The van der Waals surface area contributed by atoms with Crippen LogP contribution in [0.2, 0.25) is 5.02 Å². The lowest BCUT2D eigenvalue weighted by Crippen LogP contribution is -2.08. The summed E-state index contributed by atoms with van der Waals surface area (Å²) in [4.78, 5) is 12.0. The van der Waals surface area contributed by atoms with Crippen LogP contribution in [0.5, 0.6) is 0 Å². The molecule has 0 saturated carbocycles. The predicted octanol–water partition coefficient (Wildman–Crippen LogP) is 4.49. The predicted molar refractivity (Wildman–Crippen MR) is 70.5 cm³/mol. The van der Waals surface area contributed by atoms with Crippen LogP contribution in [0.15, 0.2) is 30.3 Å². The summed E-state index contributed by atoms with van der Waals surface area (Å²) in [6, 6.07) is 5.86. The van der Waals surface area contributed by atoms with Crippen molar-refractivity contribution < 1.29 is 18.0 Å². The van der Waals surface area contributed by atoms with E-state index in [1.165, 1.54) is 25.1 Å². The van der Waals surface area contributed by atoms with Gasteiger partial charge in [0, 0.05) is 12.5 Å². The van der Waals surface area contributed by atoms with E-state index in [4.69, 9.17) is 11.6 Å². The molecule has 1 nitrogen and oxygen atoms in total. The lowest BCUT2D eigenvalue weighted by Gasteiger charge is -2.07. The first-order chi connectivity index (χ1) is 9.40. The van der Waals surface area contributed by atoms with E-state index in [0.29, 0.717) is 6.07 Å². The number of hydrogen-bond donors (Lipinski definition) is 0. The van der Waals surface area contributed by atoms with Crippen LogP contribution in [-0.4, -0.2) is 5.78 Å². The van der Waals surface area contributed by atoms with Crippen LogP contribution in [0.1, 0.15) is 21.5 Å². The van der Waals surface area contributed by atoms with E-state index in [1.54, 1.807) is 0 Å². The summed E-state index contributed by atoms with van der Waals surface area (Å²) >= 11 is 5.74. The molecular formula is C15H10ClF3O. The van der Waals surface area contributed by atoms with E-state index in [9.17, 15) is 18.0 Å². The van der Waals surface area contributed by atoms with E-state index < -0.39 is 23.2 Å². The van der Waals surface area contributed by atoms with Gasteiger partial charge in [0.1, 0.15) is 17.5 Å². The van der Waals surface area contributed by atoms with Crippen LogP contribution < -0.4 is 0 Å². The number of Topliss-reactive ketones (excluding diaryl/α,β-unsaturated/α-hetero) is 1. The Morgan fingerprint density at radius 3 is 2.50 bits per heavy atom. The second-order valence-electron chi connectivity index (χ2n) is 4.39. The maximum Gasteiger partial charge on any atom is 0.170 e. The Morgan fingerprint density at radius 1 is 1.10 bits per heavy atom. The molecule has 0 aliphatic carbocycles. The summed E-state index contributed by atoms with van der Waals surface area (Å²) in [5.41, 5.74) is 0.197. The molecule has 0 aliphatic rings. The molecule has 0 saturated heterocycles. The van der Waals surface area contributed by atoms with Gasteiger partial charge in [-0.25, -0.2) is 13.2 Å². The molecule has 20 heavy (non-hydrogen) atoms. The topological polar surface area (TPSA) is 17.1 Å². The second kappa shape index (κ2) is 5.67. The molecule has 0 aliphatic heterocycles. The van der Waals surface area contributed by atoms with E-state index >= 15 is 0 Å². The monoisotopic (exact) mass is 298 g/mol. The van der Waals surface area contributed by atoms with Gasteiger partial charge in [-0.2, -0.15) is 0 Å². The highest BCUT2D eigenvalue weighted by molar-refractivity contribution is 6.31. The minimum Gasteiger partial charge on any atom is -0.294 e. The van der Waals surface area contributed by atoms with Gasteiger partial charge < -0.3 is 0 Å². The van der Waals surface area contributed by atoms with Crippen LogP contribution >= 0.6 is 11.6 Å². The number of carbonyl (C=O) groups excluding carboxylic acids is 1. The van der Waals surface area contributed by atoms with Crippen molar-refractivity contribution in [2.75, 3.05) is 0 Å². The van der Waals surface area contributed by atoms with Gasteiger partial charge in [-0.3, -0.25) is 4.79 Å². The van der Waals surface area contributed by atoms with Gasteiger partial charge in [-0.15, -0.1) is 0 Å². The third kappa shape index (κ3) is 2.85. The fourth-order valence-corrected chi connectivity index (χ4v) is 2.02. The first-order valence-electron chi connectivity index (χ1n) is 5.82. The van der Waals surface area contributed by atoms with Crippen molar-refractivity contribution in [2.24, 2.45) is 0 Å². The molecule has 0 amide bonds. The van der Waals surface area contributed by atoms with Crippen molar-refractivity contribution >= 4 is 17.4 Å². The lowest BCUT2D eigenvalue weighted by molar-refractivity contribution is 0.0989. The van der Waals surface area contributed by atoms with Crippen molar-refractivity contribution in [1.29, 1.82) is 0 Å². The molecule has 104 valence electrons. The average molecular weight is 299 g/mol. The van der Waals surface area contributed by atoms with Crippen molar-refractivity contribution in [3.8, 4) is 0 Å². The zero-order chi connectivity index (χ0) is 14.9. The summed E-state index contributed by atoms with van der Waals surface area (Å²) in [7, 11) is 0. The Kier molecular flexibility index (Phi) is 4.14. The van der Waals surface area contributed by atoms with Gasteiger partial charge in [0.15, 0.2) is 5.78 Å². The molecule has 0 N–H and O–H groups in total. The quantitative estimate of drug-likeness (QED) is 0.763. The molecule has 0 radical (unpaired) electrons. The maximum atomic E-state index is 13.6. The van der Waals surface area contributed by atoms with Crippen LogP contribution in [0.25, 0.3) is 0 Å². The number of carbonyl (C=O) groups is 1. The summed E-state index contributed by atoms with van der Waals surface area (Å²) in [5, 5.41) is -0.167. The molecule has 2 rings (SSSR count). The highest BCUT2D eigenvalue weighted by Crippen LogP contribution is 2.22. The Bertz CT molecular complexity index is 683. The zero-order valence-electron chi connectivity index (χ0n) is 10.5. The third-order valence-electron chi connectivity index (χ3n) is 2.93. The first-order valence-corrected chi connectivity index (χ1v) is 6.19. The van der Waals surface area contributed by atoms with Gasteiger partial charge in [-0.1, -0.05) is 23.7 Å². The Morgan fingerprint density at radius 2 is 1.80 bits per heavy atom. The minimum atomic E-state index is -0.939. The number of hydrogen-bond acceptors (Lipinski definition) is 1. The second-order valence-corrected chi connectivity index (χ2v) is 4.77. The van der Waals surface area contributed by atoms with Gasteiger partial charge in [0.05, 0.1) is 10.6 Å². The fourth-order valence-electron chi connectivity index (χ4n) is 1.82. The van der Waals surface area contributed by atoms with Crippen molar-refractivity contribution in [3.63, 3.8) is 0 Å². The zero-order valence-corrected chi connectivity index (χ0v) is 11.3. The van der Waals surface area contributed by atoms with Crippen LogP contribution in [-0.2, 0) is 6.42 Å². The molecule has 5 heteroatoms. The Hall–Kier alpha value is -1.81. The number of ketones is 1. The van der Waals surface area contributed by atoms with E-state index in [-0.39, 0.29) is 28.1 Å². The summed E-state index contributed by atoms with van der Waals surface area (Å²) in [6.45, 7) is 1.43. The molecule has 0 atom stereocenters. The van der Waals surface area contributed by atoms with E-state index in [0.717, 1.165) is 6.07 Å². The molecule has 0 unspecified atom stereocenters. The van der Waals surface area contributed by atoms with Gasteiger partial charge in [0.25, 0.3) is 0 Å². The van der Waals surface area contributed by atoms with Crippen molar-refractivity contribution in [1.82, 2.24) is 0 Å². The summed E-state index contributed by atoms with van der Waals surface area (Å²) < 4.78 is 40.0. The lowest BCUT2D eigenvalue weighted by atomic mass is 10.0. The van der Waals surface area contributed by atoms with Crippen molar-refractivity contribution in [3.05, 3.63) is 69.5 Å². The number of aryl methyl sites for hydroxylation is 1. The minimum absolute atomic E-state index is 0.167. The van der Waals surface area contributed by atoms with Crippen molar-refractivity contribution in [2.45, 2.75) is 13.3 Å². The van der Waals surface area contributed by atoms with Gasteiger partial charge >= 0.3 is 0 Å². The maximum absolute atomic E-state index is 13.6. The summed E-state index contributed by atoms with van der Waals surface area (Å²) in [6.07, 6.45) is -0.251. The smallest absolute Gasteiger partial charge is 0.170 e. The third-order valence-corrected chi connectivity index (χ3v) is 3.35. The Labute approximate surface area is 119 Å². The molecule has 0 bridgehead atoms. The number of rotatable bonds is 3. The number of benzene rings is 2. The normalized spacial score (nSPS) is 10.7. The van der Waals surface area contributed by atoms with E-state index in [2.05, 4.69) is 0 Å². The molecule has 2 aromatic carbocycles. The largest absolute Gasteiger partial charge is 0.294 e. The van der Waals surface area contributed by atoms with Gasteiger partial charge in [-0.05, 0) is 30.2 Å². The SMILES string of the molecule is Cc1cc(C(=O)Cc2cccc(F)c2Cl)c(F)cc1F. The number of halogens is 4. The average Bonchev–Trinajstić information content (AvgIpc) is 2.39. The molecule has 0 fully saturated rings. The van der Waals surface area contributed by atoms with E-state index in [1.807, 2.05) is 0 Å². The molecule has 2 aromatic rings.